The van der Waals surface area contributed by atoms with Crippen molar-refractivity contribution < 1.29 is 4.74 Å². The van der Waals surface area contributed by atoms with E-state index in [-0.39, 0.29) is 0 Å². The third kappa shape index (κ3) is 4.54. The van der Waals surface area contributed by atoms with Crippen LogP contribution < -0.4 is 21.7 Å². The molecule has 150 valence electrons. The molecule has 0 aliphatic carbocycles. The van der Waals surface area contributed by atoms with Gasteiger partial charge in [-0.3, -0.25) is 4.98 Å². The molecule has 3 rings (SSSR count). The number of ether oxygens (including phenoxy) is 1. The molecule has 1 aliphatic rings. The van der Waals surface area contributed by atoms with Gasteiger partial charge in [-0.15, -0.1) is 0 Å². The van der Waals surface area contributed by atoms with Gasteiger partial charge in [-0.1, -0.05) is 13.8 Å². The normalized spacial score (nSPS) is 18.3. The van der Waals surface area contributed by atoms with Crippen LogP contribution >= 0.6 is 0 Å². The Kier molecular flexibility index (Phi) is 6.36. The Morgan fingerprint density at radius 2 is 2.21 bits per heavy atom. The van der Waals surface area contributed by atoms with E-state index in [1.54, 1.807) is 13.3 Å². The van der Waals surface area contributed by atoms with Crippen LogP contribution in [0.1, 0.15) is 26.7 Å². The number of hydrogen-bond donors (Lipinski definition) is 3. The number of hydrogen-bond acceptors (Lipinski definition) is 7. The zero-order valence-electron chi connectivity index (χ0n) is 16.9. The Bertz CT molecular complexity index is 876. The van der Waals surface area contributed by atoms with Crippen LogP contribution in [0.15, 0.2) is 48.1 Å². The minimum absolute atomic E-state index is 0.294. The van der Waals surface area contributed by atoms with Gasteiger partial charge in [-0.05, 0) is 54.8 Å². The lowest BCUT2D eigenvalue weighted by Gasteiger charge is -2.26. The summed E-state index contributed by atoms with van der Waals surface area (Å²) in [6.07, 6.45) is 7.63. The summed E-state index contributed by atoms with van der Waals surface area (Å²) in [5.74, 6) is 1.47. The summed E-state index contributed by atoms with van der Waals surface area (Å²) in [5, 5.41) is 3.14. The number of pyridine rings is 2. The lowest BCUT2D eigenvalue weighted by Crippen LogP contribution is -2.32. The van der Waals surface area contributed by atoms with E-state index in [0.717, 1.165) is 48.3 Å². The molecule has 7 heteroatoms. The fraction of sp³-hybridized carbons (Fsp3) is 0.429. The fourth-order valence-corrected chi connectivity index (χ4v) is 3.53. The van der Waals surface area contributed by atoms with Crippen molar-refractivity contribution in [3.8, 4) is 0 Å². The Balaban J connectivity index is 1.83. The van der Waals surface area contributed by atoms with Crippen LogP contribution in [-0.2, 0) is 4.74 Å². The van der Waals surface area contributed by atoms with E-state index in [1.165, 1.54) is 0 Å². The minimum Gasteiger partial charge on any atom is -0.404 e. The second kappa shape index (κ2) is 8.93. The van der Waals surface area contributed by atoms with Gasteiger partial charge in [0, 0.05) is 13.7 Å². The van der Waals surface area contributed by atoms with Crippen molar-refractivity contribution in [3.63, 3.8) is 0 Å². The van der Waals surface area contributed by atoms with Crippen LogP contribution in [0.25, 0.3) is 11.0 Å². The number of allylic oxidation sites excluding steroid dienone is 2. The lowest BCUT2D eigenvalue weighted by molar-refractivity contribution is 0.181. The van der Waals surface area contributed by atoms with Gasteiger partial charge in [-0.2, -0.15) is 0 Å². The smallest absolute Gasteiger partial charge is 0.132 e. The molecule has 1 unspecified atom stereocenters. The first-order chi connectivity index (χ1) is 13.5. The number of nitrogens with zero attached hydrogens (tertiary/aromatic N) is 3. The third-order valence-electron chi connectivity index (χ3n) is 5.04. The Hall–Kier alpha value is -2.80. The standard InChI is InChI=1S/C21H30N6O/c1-14(2)15(11-22)9-20(23)26-21-7-6-18-19(25-21)10-17(12-24-18)27-8-4-5-16(27)13-28-3/h6-7,9-12,14,16H,4-5,8,13,22-23H2,1-3H3,(H,25,26)/b15-11+,20-9+. The van der Waals surface area contributed by atoms with Crippen LogP contribution in [0.5, 0.6) is 0 Å². The summed E-state index contributed by atoms with van der Waals surface area (Å²) in [4.78, 5) is 11.6. The SMILES string of the molecule is COCC1CCCN1c1cnc2ccc(N/C(N)=C/C(=C\N)C(C)C)nc2c1. The predicted molar refractivity (Wildman–Crippen MR) is 115 cm³/mol. The molecule has 1 aliphatic heterocycles. The molecular weight excluding hydrogens is 352 g/mol. The highest BCUT2D eigenvalue weighted by Crippen LogP contribution is 2.27. The maximum atomic E-state index is 6.12. The summed E-state index contributed by atoms with van der Waals surface area (Å²) in [5.41, 5.74) is 15.5. The monoisotopic (exact) mass is 382 g/mol. The molecule has 0 saturated carbocycles. The molecule has 28 heavy (non-hydrogen) atoms. The van der Waals surface area contributed by atoms with E-state index in [2.05, 4.69) is 35.1 Å². The van der Waals surface area contributed by atoms with Crippen LogP contribution in [0.3, 0.4) is 0 Å². The van der Waals surface area contributed by atoms with Crippen LogP contribution in [0.2, 0.25) is 0 Å². The molecule has 7 nitrogen and oxygen atoms in total. The maximum absolute atomic E-state index is 6.12. The van der Waals surface area contributed by atoms with Gasteiger partial charge in [0.2, 0.25) is 0 Å². The van der Waals surface area contributed by atoms with Gasteiger partial charge >= 0.3 is 0 Å². The highest BCUT2D eigenvalue weighted by molar-refractivity contribution is 5.79. The summed E-state index contributed by atoms with van der Waals surface area (Å²) >= 11 is 0. The van der Waals surface area contributed by atoms with Gasteiger partial charge < -0.3 is 26.4 Å². The first kappa shape index (κ1) is 19.9. The van der Waals surface area contributed by atoms with Crippen LogP contribution in [-0.4, -0.2) is 36.3 Å². The Morgan fingerprint density at radius 1 is 1.39 bits per heavy atom. The molecule has 0 bridgehead atoms. The topological polar surface area (TPSA) is 102 Å². The summed E-state index contributed by atoms with van der Waals surface area (Å²) in [6, 6.07) is 6.29. The molecule has 0 radical (unpaired) electrons. The van der Waals surface area contributed by atoms with Crippen molar-refractivity contribution in [1.29, 1.82) is 0 Å². The second-order valence-electron chi connectivity index (χ2n) is 7.42. The summed E-state index contributed by atoms with van der Waals surface area (Å²) < 4.78 is 5.36. The number of rotatable bonds is 7. The zero-order chi connectivity index (χ0) is 20.1. The molecule has 5 N–H and O–H groups in total. The molecule has 1 fully saturated rings. The molecule has 3 heterocycles. The van der Waals surface area contributed by atoms with E-state index in [1.807, 2.05) is 24.4 Å². The van der Waals surface area contributed by atoms with Gasteiger partial charge in [0.15, 0.2) is 0 Å². The number of nitrogens with two attached hydrogens (primary N) is 2. The van der Waals surface area contributed by atoms with E-state index >= 15 is 0 Å². The first-order valence-corrected chi connectivity index (χ1v) is 9.70. The largest absolute Gasteiger partial charge is 0.404 e. The van der Waals surface area contributed by atoms with Crippen molar-refractivity contribution in [2.24, 2.45) is 17.4 Å². The predicted octanol–water partition coefficient (Wildman–Crippen LogP) is 2.96. The second-order valence-corrected chi connectivity index (χ2v) is 7.42. The average molecular weight is 383 g/mol. The quantitative estimate of drug-likeness (QED) is 0.633. The van der Waals surface area contributed by atoms with E-state index < -0.39 is 0 Å². The number of nitrogens with one attached hydrogen (secondary N) is 1. The molecule has 2 aromatic rings. The molecule has 1 atom stereocenters. The van der Waals surface area contributed by atoms with Crippen LogP contribution in [0.4, 0.5) is 11.5 Å². The van der Waals surface area contributed by atoms with Crippen molar-refractivity contribution in [1.82, 2.24) is 9.97 Å². The molecule has 0 amide bonds. The Morgan fingerprint density at radius 3 is 2.93 bits per heavy atom. The van der Waals surface area contributed by atoms with Gasteiger partial charge in [-0.25, -0.2) is 4.98 Å². The number of methoxy groups -OCH3 is 1. The number of aromatic nitrogens is 2. The molecular formula is C21H30N6O. The number of fused-ring (bicyclic) bond motifs is 1. The van der Waals surface area contributed by atoms with Crippen molar-refractivity contribution >= 4 is 22.5 Å². The molecule has 1 saturated heterocycles. The van der Waals surface area contributed by atoms with Gasteiger partial charge in [0.25, 0.3) is 0 Å². The van der Waals surface area contributed by atoms with Crippen molar-refractivity contribution in [2.45, 2.75) is 32.7 Å². The van der Waals surface area contributed by atoms with Crippen molar-refractivity contribution in [2.75, 3.05) is 30.5 Å². The van der Waals surface area contributed by atoms with E-state index in [4.69, 9.17) is 21.2 Å². The number of anilines is 2. The molecule has 0 aromatic carbocycles. The first-order valence-electron chi connectivity index (χ1n) is 9.70. The fourth-order valence-electron chi connectivity index (χ4n) is 3.53. The highest BCUT2D eigenvalue weighted by Gasteiger charge is 2.25. The third-order valence-corrected chi connectivity index (χ3v) is 5.04. The average Bonchev–Trinajstić information content (AvgIpc) is 3.14. The summed E-state index contributed by atoms with van der Waals surface area (Å²) in [6.45, 7) is 5.87. The van der Waals surface area contributed by atoms with Gasteiger partial charge in [0.05, 0.1) is 35.6 Å². The van der Waals surface area contributed by atoms with Gasteiger partial charge in [0.1, 0.15) is 11.6 Å². The zero-order valence-corrected chi connectivity index (χ0v) is 16.9. The maximum Gasteiger partial charge on any atom is 0.132 e. The van der Waals surface area contributed by atoms with E-state index in [9.17, 15) is 0 Å². The summed E-state index contributed by atoms with van der Waals surface area (Å²) in [7, 11) is 1.75. The van der Waals surface area contributed by atoms with E-state index in [0.29, 0.717) is 23.6 Å². The highest BCUT2D eigenvalue weighted by atomic mass is 16.5. The Labute approximate surface area is 166 Å². The molecule has 2 aromatic heterocycles. The molecule has 0 spiro atoms. The lowest BCUT2D eigenvalue weighted by atomic mass is 10.0. The van der Waals surface area contributed by atoms with Crippen LogP contribution in [0, 0.1) is 5.92 Å². The van der Waals surface area contributed by atoms with Crippen molar-refractivity contribution in [3.05, 3.63) is 48.1 Å². The minimum atomic E-state index is 0.294.